The Morgan fingerprint density at radius 1 is 1.30 bits per heavy atom. The average molecular weight is 279 g/mol. The highest BCUT2D eigenvalue weighted by Crippen LogP contribution is 2.31. The van der Waals surface area contributed by atoms with Crippen LogP contribution in [-0.4, -0.2) is 46.9 Å². The maximum Gasteiger partial charge on any atom is 0.213 e. The normalized spacial score (nSPS) is 28.6. The quantitative estimate of drug-likeness (QED) is 0.850. The van der Waals surface area contributed by atoms with E-state index in [2.05, 4.69) is 28.9 Å². The first-order valence-electron chi connectivity index (χ1n) is 7.75. The fourth-order valence-corrected chi connectivity index (χ4v) is 3.61. The van der Waals surface area contributed by atoms with E-state index in [1.165, 1.54) is 25.8 Å². The number of hydrogen-bond donors (Lipinski definition) is 0. The molecule has 20 heavy (non-hydrogen) atoms. The van der Waals surface area contributed by atoms with Gasteiger partial charge in [-0.05, 0) is 58.5 Å². The summed E-state index contributed by atoms with van der Waals surface area (Å²) in [5.74, 6) is 2.15. The van der Waals surface area contributed by atoms with Crippen molar-refractivity contribution in [1.82, 2.24) is 15.0 Å². The summed E-state index contributed by atoms with van der Waals surface area (Å²) >= 11 is 0. The van der Waals surface area contributed by atoms with E-state index in [-0.39, 0.29) is 5.60 Å². The van der Waals surface area contributed by atoms with Crippen LogP contribution < -0.4 is 0 Å². The number of ether oxygens (including phenoxy) is 1. The van der Waals surface area contributed by atoms with E-state index in [9.17, 15) is 0 Å². The Labute approximate surface area is 120 Å². The zero-order chi connectivity index (χ0) is 14.0. The van der Waals surface area contributed by atoms with Gasteiger partial charge in [-0.2, -0.15) is 4.98 Å². The highest BCUT2D eigenvalue weighted by atomic mass is 16.5. The van der Waals surface area contributed by atoms with Crippen LogP contribution in [0.1, 0.15) is 51.3 Å². The molecule has 0 bridgehead atoms. The summed E-state index contributed by atoms with van der Waals surface area (Å²) in [6, 6.07) is 0. The molecular formula is C15H25N3O2. The molecule has 0 spiro atoms. The number of hydrogen-bond acceptors (Lipinski definition) is 5. The molecule has 2 aliphatic heterocycles. The first-order valence-corrected chi connectivity index (χ1v) is 7.75. The molecule has 0 radical (unpaired) electrons. The molecule has 0 aromatic carbocycles. The number of piperidine rings is 1. The molecule has 1 atom stereocenters. The largest absolute Gasteiger partial charge is 0.376 e. The fourth-order valence-electron chi connectivity index (χ4n) is 3.61. The first-order chi connectivity index (χ1) is 9.62. The third kappa shape index (κ3) is 3.38. The van der Waals surface area contributed by atoms with E-state index in [1.807, 2.05) is 0 Å². The van der Waals surface area contributed by atoms with Gasteiger partial charge in [0.05, 0.1) is 5.60 Å². The lowest BCUT2D eigenvalue weighted by atomic mass is 9.87. The number of likely N-dealkylation sites (tertiary alicyclic amines) is 1. The van der Waals surface area contributed by atoms with Crippen LogP contribution in [0.2, 0.25) is 0 Å². The molecule has 5 heteroatoms. The van der Waals surface area contributed by atoms with E-state index in [0.717, 1.165) is 44.3 Å². The molecule has 112 valence electrons. The summed E-state index contributed by atoms with van der Waals surface area (Å²) in [7, 11) is 0. The Hall–Kier alpha value is -0.940. The van der Waals surface area contributed by atoms with Gasteiger partial charge in [0.2, 0.25) is 6.39 Å². The summed E-state index contributed by atoms with van der Waals surface area (Å²) in [4.78, 5) is 6.79. The zero-order valence-electron chi connectivity index (χ0n) is 12.5. The van der Waals surface area contributed by atoms with E-state index >= 15 is 0 Å². The minimum atomic E-state index is 0.0614. The minimum Gasteiger partial charge on any atom is -0.376 e. The topological polar surface area (TPSA) is 51.4 Å². The second-order valence-corrected chi connectivity index (χ2v) is 6.83. The van der Waals surface area contributed by atoms with Crippen molar-refractivity contribution < 1.29 is 9.26 Å². The molecule has 0 aliphatic carbocycles. The van der Waals surface area contributed by atoms with Crippen molar-refractivity contribution in [3.8, 4) is 0 Å². The predicted molar refractivity (Wildman–Crippen MR) is 75.5 cm³/mol. The van der Waals surface area contributed by atoms with Crippen LogP contribution >= 0.6 is 0 Å². The van der Waals surface area contributed by atoms with Gasteiger partial charge in [0, 0.05) is 19.1 Å². The Morgan fingerprint density at radius 2 is 2.10 bits per heavy atom. The molecule has 3 heterocycles. The molecule has 0 unspecified atom stereocenters. The number of rotatable bonds is 3. The third-order valence-corrected chi connectivity index (χ3v) is 4.65. The highest BCUT2D eigenvalue weighted by molar-refractivity contribution is 4.95. The van der Waals surface area contributed by atoms with Crippen molar-refractivity contribution in [1.29, 1.82) is 0 Å². The van der Waals surface area contributed by atoms with Gasteiger partial charge in [-0.1, -0.05) is 5.16 Å². The highest BCUT2D eigenvalue weighted by Gasteiger charge is 2.31. The van der Waals surface area contributed by atoms with E-state index in [4.69, 9.17) is 9.26 Å². The lowest BCUT2D eigenvalue weighted by molar-refractivity contribution is -0.0775. The van der Waals surface area contributed by atoms with Crippen LogP contribution in [0.15, 0.2) is 10.9 Å². The Kier molecular flexibility index (Phi) is 4.08. The van der Waals surface area contributed by atoms with E-state index in [1.54, 1.807) is 0 Å². The lowest BCUT2D eigenvalue weighted by Crippen LogP contribution is -2.42. The van der Waals surface area contributed by atoms with Crippen molar-refractivity contribution in [3.05, 3.63) is 12.2 Å². The van der Waals surface area contributed by atoms with Crippen molar-refractivity contribution >= 4 is 0 Å². The average Bonchev–Trinajstić information content (AvgIpc) is 2.92. The van der Waals surface area contributed by atoms with Gasteiger partial charge in [-0.25, -0.2) is 0 Å². The van der Waals surface area contributed by atoms with Gasteiger partial charge >= 0.3 is 0 Å². The summed E-state index contributed by atoms with van der Waals surface area (Å²) in [6.45, 7) is 8.85. The molecule has 0 saturated carbocycles. The Morgan fingerprint density at radius 3 is 2.75 bits per heavy atom. The first kappa shape index (κ1) is 14.0. The zero-order valence-corrected chi connectivity index (χ0v) is 12.5. The standard InChI is InChI=1S/C15H25N3O2/c1-15(2)9-12(5-8-19-15)10-18-6-3-13(4-7-18)14-16-11-20-17-14/h11-13H,3-10H2,1-2H3/t12-/m1/s1. The van der Waals surface area contributed by atoms with Gasteiger partial charge < -0.3 is 14.2 Å². The van der Waals surface area contributed by atoms with Crippen molar-refractivity contribution in [2.24, 2.45) is 5.92 Å². The van der Waals surface area contributed by atoms with Crippen LogP contribution in [-0.2, 0) is 4.74 Å². The number of aromatic nitrogens is 2. The van der Waals surface area contributed by atoms with Crippen LogP contribution in [0.3, 0.4) is 0 Å². The van der Waals surface area contributed by atoms with Gasteiger partial charge in [0.25, 0.3) is 0 Å². The van der Waals surface area contributed by atoms with Crippen molar-refractivity contribution in [2.45, 2.75) is 51.0 Å². The second kappa shape index (κ2) is 5.82. The minimum absolute atomic E-state index is 0.0614. The van der Waals surface area contributed by atoms with Gasteiger partial charge in [0.1, 0.15) is 0 Å². The summed E-state index contributed by atoms with van der Waals surface area (Å²) < 4.78 is 10.7. The third-order valence-electron chi connectivity index (χ3n) is 4.65. The summed E-state index contributed by atoms with van der Waals surface area (Å²) in [6.07, 6.45) is 6.11. The van der Waals surface area contributed by atoms with Gasteiger partial charge in [-0.3, -0.25) is 0 Å². The molecule has 2 fully saturated rings. The van der Waals surface area contributed by atoms with Crippen LogP contribution in [0.25, 0.3) is 0 Å². The molecule has 5 nitrogen and oxygen atoms in total. The molecule has 1 aromatic heterocycles. The Bertz CT molecular complexity index is 411. The molecule has 2 saturated heterocycles. The van der Waals surface area contributed by atoms with Crippen molar-refractivity contribution in [3.63, 3.8) is 0 Å². The van der Waals surface area contributed by atoms with E-state index < -0.39 is 0 Å². The predicted octanol–water partition coefficient (Wildman–Crippen LogP) is 2.45. The summed E-state index contributed by atoms with van der Waals surface area (Å²) in [5, 5.41) is 3.98. The van der Waals surface area contributed by atoms with Gasteiger partial charge in [-0.15, -0.1) is 0 Å². The van der Waals surface area contributed by atoms with Gasteiger partial charge in [0.15, 0.2) is 5.82 Å². The second-order valence-electron chi connectivity index (χ2n) is 6.83. The fraction of sp³-hybridized carbons (Fsp3) is 0.867. The van der Waals surface area contributed by atoms with Crippen LogP contribution in [0.4, 0.5) is 0 Å². The molecule has 0 N–H and O–H groups in total. The maximum absolute atomic E-state index is 5.81. The maximum atomic E-state index is 5.81. The number of nitrogens with zero attached hydrogens (tertiary/aromatic N) is 3. The van der Waals surface area contributed by atoms with Crippen LogP contribution in [0.5, 0.6) is 0 Å². The lowest BCUT2D eigenvalue weighted by Gasteiger charge is -2.39. The monoisotopic (exact) mass is 279 g/mol. The smallest absolute Gasteiger partial charge is 0.213 e. The molecule has 3 rings (SSSR count). The molecule has 2 aliphatic rings. The van der Waals surface area contributed by atoms with Crippen LogP contribution in [0, 0.1) is 5.92 Å². The van der Waals surface area contributed by atoms with E-state index in [0.29, 0.717) is 5.92 Å². The SMILES string of the molecule is CC1(C)C[C@H](CN2CCC(c3ncon3)CC2)CCO1. The molecule has 0 amide bonds. The molecule has 1 aromatic rings. The Balaban J connectivity index is 1.47. The van der Waals surface area contributed by atoms with Crippen molar-refractivity contribution in [2.75, 3.05) is 26.2 Å². The summed E-state index contributed by atoms with van der Waals surface area (Å²) in [5.41, 5.74) is 0.0614. The molecular weight excluding hydrogens is 254 g/mol.